The van der Waals surface area contributed by atoms with Crippen LogP contribution in [0.2, 0.25) is 0 Å². The summed E-state index contributed by atoms with van der Waals surface area (Å²) in [6, 6.07) is -0.397. The molecule has 0 aromatic carbocycles. The van der Waals surface area contributed by atoms with Crippen LogP contribution in [0.3, 0.4) is 0 Å². The maximum atomic E-state index is 11.8. The lowest BCUT2D eigenvalue weighted by atomic mass is 9.74. The first-order chi connectivity index (χ1) is 8.54. The van der Waals surface area contributed by atoms with Crippen molar-refractivity contribution in [3.05, 3.63) is 0 Å². The molecule has 0 saturated heterocycles. The van der Waals surface area contributed by atoms with Crippen LogP contribution in [-0.2, 0) is 9.53 Å². The lowest BCUT2D eigenvalue weighted by Gasteiger charge is -2.38. The second kappa shape index (κ2) is 6.75. The Labute approximate surface area is 114 Å². The summed E-state index contributed by atoms with van der Waals surface area (Å²) in [7, 11) is 0. The molecule has 2 amide bonds. The number of carboxylic acid groups (broad SMARTS) is 1. The monoisotopic (exact) mass is 274 g/mol. The molecule has 1 unspecified atom stereocenters. The van der Waals surface area contributed by atoms with Crippen LogP contribution in [0.4, 0.5) is 4.79 Å². The van der Waals surface area contributed by atoms with Gasteiger partial charge < -0.3 is 20.5 Å². The lowest BCUT2D eigenvalue weighted by molar-refractivity contribution is -0.150. The molecule has 0 aliphatic rings. The summed E-state index contributed by atoms with van der Waals surface area (Å²) in [5, 5.41) is 14.5. The Kier molecular flexibility index (Phi) is 6.29. The molecule has 0 aliphatic heterocycles. The van der Waals surface area contributed by atoms with Crippen molar-refractivity contribution in [1.82, 2.24) is 10.6 Å². The average Bonchev–Trinajstić information content (AvgIpc) is 2.25. The summed E-state index contributed by atoms with van der Waals surface area (Å²) in [6.07, 6.45) is -0.0775. The summed E-state index contributed by atoms with van der Waals surface area (Å²) >= 11 is 0. The molecule has 0 aromatic heterocycles. The van der Waals surface area contributed by atoms with E-state index in [2.05, 4.69) is 10.6 Å². The SMILES string of the molecule is CCOC(C)CNC(=O)NC(C)(C)C(C)(C)C(=O)O. The zero-order valence-corrected chi connectivity index (χ0v) is 12.7. The molecular weight excluding hydrogens is 248 g/mol. The molecule has 1 atom stereocenters. The van der Waals surface area contributed by atoms with E-state index in [4.69, 9.17) is 4.74 Å². The van der Waals surface area contributed by atoms with Crippen molar-refractivity contribution in [1.29, 1.82) is 0 Å². The number of hydrogen-bond donors (Lipinski definition) is 3. The third-order valence-corrected chi connectivity index (χ3v) is 3.52. The molecule has 3 N–H and O–H groups in total. The van der Waals surface area contributed by atoms with Crippen LogP contribution >= 0.6 is 0 Å². The molecule has 19 heavy (non-hydrogen) atoms. The number of carbonyl (C=O) groups is 2. The van der Waals surface area contributed by atoms with Crippen LogP contribution in [0.25, 0.3) is 0 Å². The largest absolute Gasteiger partial charge is 0.481 e. The molecule has 0 bridgehead atoms. The highest BCUT2D eigenvalue weighted by atomic mass is 16.5. The second-order valence-corrected chi connectivity index (χ2v) is 5.66. The van der Waals surface area contributed by atoms with E-state index in [0.29, 0.717) is 13.2 Å². The number of hydrogen-bond acceptors (Lipinski definition) is 3. The fourth-order valence-electron chi connectivity index (χ4n) is 1.33. The lowest BCUT2D eigenvalue weighted by Crippen LogP contribution is -2.59. The number of ether oxygens (including phenoxy) is 1. The maximum Gasteiger partial charge on any atom is 0.315 e. The number of rotatable bonds is 7. The van der Waals surface area contributed by atoms with E-state index in [1.54, 1.807) is 27.7 Å². The van der Waals surface area contributed by atoms with Crippen molar-refractivity contribution in [2.24, 2.45) is 5.41 Å². The molecule has 0 saturated carbocycles. The minimum absolute atomic E-state index is 0.0775. The quantitative estimate of drug-likeness (QED) is 0.658. The predicted octanol–water partition coefficient (Wildman–Crippen LogP) is 1.60. The normalized spacial score (nSPS) is 13.8. The number of amides is 2. The van der Waals surface area contributed by atoms with Gasteiger partial charge >= 0.3 is 12.0 Å². The summed E-state index contributed by atoms with van der Waals surface area (Å²) in [5.74, 6) is -0.958. The predicted molar refractivity (Wildman–Crippen MR) is 73.1 cm³/mol. The summed E-state index contributed by atoms with van der Waals surface area (Å²) in [4.78, 5) is 23.0. The van der Waals surface area contributed by atoms with Gasteiger partial charge in [0.05, 0.1) is 17.1 Å². The fourth-order valence-corrected chi connectivity index (χ4v) is 1.33. The topological polar surface area (TPSA) is 87.7 Å². The molecule has 6 heteroatoms. The molecule has 0 fully saturated rings. The Morgan fingerprint density at radius 3 is 2.21 bits per heavy atom. The third kappa shape index (κ3) is 5.06. The molecular formula is C13H26N2O4. The first-order valence-electron chi connectivity index (χ1n) is 6.45. The summed E-state index contributed by atoms with van der Waals surface area (Å²) < 4.78 is 5.29. The van der Waals surface area contributed by atoms with Crippen molar-refractivity contribution >= 4 is 12.0 Å². The minimum Gasteiger partial charge on any atom is -0.481 e. The number of nitrogens with one attached hydrogen (secondary N) is 2. The zero-order valence-electron chi connectivity index (χ0n) is 12.7. The Morgan fingerprint density at radius 1 is 1.26 bits per heavy atom. The van der Waals surface area contributed by atoms with Crippen molar-refractivity contribution in [2.75, 3.05) is 13.2 Å². The first-order valence-corrected chi connectivity index (χ1v) is 6.45. The van der Waals surface area contributed by atoms with E-state index in [1.165, 1.54) is 0 Å². The van der Waals surface area contributed by atoms with Crippen LogP contribution in [-0.4, -0.2) is 41.9 Å². The third-order valence-electron chi connectivity index (χ3n) is 3.52. The highest BCUT2D eigenvalue weighted by Gasteiger charge is 2.44. The number of carbonyl (C=O) groups excluding carboxylic acids is 1. The molecule has 0 aliphatic carbocycles. The van der Waals surface area contributed by atoms with E-state index >= 15 is 0 Å². The smallest absolute Gasteiger partial charge is 0.315 e. The van der Waals surface area contributed by atoms with Gasteiger partial charge in [-0.3, -0.25) is 4.79 Å². The van der Waals surface area contributed by atoms with Crippen LogP contribution < -0.4 is 10.6 Å². The van der Waals surface area contributed by atoms with Crippen LogP contribution in [0.1, 0.15) is 41.5 Å². The Balaban J connectivity index is 4.43. The van der Waals surface area contributed by atoms with Gasteiger partial charge in [-0.05, 0) is 41.5 Å². The molecule has 0 rings (SSSR count). The van der Waals surface area contributed by atoms with Gasteiger partial charge in [0.25, 0.3) is 0 Å². The van der Waals surface area contributed by atoms with E-state index < -0.39 is 23.0 Å². The zero-order chi connectivity index (χ0) is 15.3. The van der Waals surface area contributed by atoms with Gasteiger partial charge in [-0.2, -0.15) is 0 Å². The van der Waals surface area contributed by atoms with Crippen LogP contribution in [0.15, 0.2) is 0 Å². The van der Waals surface area contributed by atoms with Gasteiger partial charge in [-0.25, -0.2) is 4.79 Å². The van der Waals surface area contributed by atoms with E-state index in [0.717, 1.165) is 0 Å². The molecule has 0 aromatic rings. The molecule has 0 radical (unpaired) electrons. The van der Waals surface area contributed by atoms with Crippen molar-refractivity contribution in [3.8, 4) is 0 Å². The average molecular weight is 274 g/mol. The van der Waals surface area contributed by atoms with Crippen LogP contribution in [0, 0.1) is 5.41 Å². The second-order valence-electron chi connectivity index (χ2n) is 5.66. The van der Waals surface area contributed by atoms with Gasteiger partial charge in [0.1, 0.15) is 0 Å². The van der Waals surface area contributed by atoms with E-state index in [1.807, 2.05) is 13.8 Å². The Morgan fingerprint density at radius 2 is 1.79 bits per heavy atom. The minimum atomic E-state index is -1.07. The van der Waals surface area contributed by atoms with Gasteiger partial charge in [0, 0.05) is 13.2 Å². The van der Waals surface area contributed by atoms with Crippen molar-refractivity contribution in [3.63, 3.8) is 0 Å². The van der Waals surface area contributed by atoms with Gasteiger partial charge in [-0.1, -0.05) is 0 Å². The van der Waals surface area contributed by atoms with Gasteiger partial charge in [0.15, 0.2) is 0 Å². The molecule has 112 valence electrons. The Bertz CT molecular complexity index is 327. The van der Waals surface area contributed by atoms with Crippen molar-refractivity contribution in [2.45, 2.75) is 53.2 Å². The molecule has 0 spiro atoms. The van der Waals surface area contributed by atoms with Gasteiger partial charge in [0.2, 0.25) is 0 Å². The van der Waals surface area contributed by atoms with E-state index in [9.17, 15) is 14.7 Å². The van der Waals surface area contributed by atoms with Crippen LogP contribution in [0.5, 0.6) is 0 Å². The maximum absolute atomic E-state index is 11.8. The number of urea groups is 1. The molecule has 0 heterocycles. The highest BCUT2D eigenvalue weighted by Crippen LogP contribution is 2.30. The number of carboxylic acids is 1. The highest BCUT2D eigenvalue weighted by molar-refractivity contribution is 5.79. The van der Waals surface area contributed by atoms with E-state index in [-0.39, 0.29) is 6.10 Å². The fraction of sp³-hybridized carbons (Fsp3) is 0.846. The molecule has 6 nitrogen and oxygen atoms in total. The summed E-state index contributed by atoms with van der Waals surface area (Å²) in [5.41, 5.74) is -1.95. The number of aliphatic carboxylic acids is 1. The Hall–Kier alpha value is -1.30. The van der Waals surface area contributed by atoms with Crippen molar-refractivity contribution < 1.29 is 19.4 Å². The standard InChI is InChI=1S/C13H26N2O4/c1-7-19-9(2)8-14-11(18)15-13(5,6)12(3,4)10(16)17/h9H,7-8H2,1-6H3,(H,16,17)(H2,14,15,18). The summed E-state index contributed by atoms with van der Waals surface area (Å²) in [6.45, 7) is 11.2. The first kappa shape index (κ1) is 17.7. The van der Waals surface area contributed by atoms with Gasteiger partial charge in [-0.15, -0.1) is 0 Å².